The highest BCUT2D eigenvalue weighted by molar-refractivity contribution is 6.07. The van der Waals surface area contributed by atoms with Crippen LogP contribution in [-0.4, -0.2) is 23.9 Å². The van der Waals surface area contributed by atoms with E-state index in [-0.39, 0.29) is 11.8 Å². The number of carbonyl (C=O) groups is 1. The van der Waals surface area contributed by atoms with E-state index in [1.807, 2.05) is 47.4 Å². The minimum atomic E-state index is 0.0817. The molecule has 1 heterocycles. The minimum Gasteiger partial charge on any atom is -0.339 e. The van der Waals surface area contributed by atoms with Crippen molar-refractivity contribution < 1.29 is 4.79 Å². The lowest BCUT2D eigenvalue weighted by molar-refractivity contribution is 0.0709. The van der Waals surface area contributed by atoms with Gasteiger partial charge in [-0.1, -0.05) is 36.4 Å². The molecule has 1 fully saturated rings. The fourth-order valence-electron chi connectivity index (χ4n) is 2.79. The second kappa shape index (κ2) is 5.34. The lowest BCUT2D eigenvalue weighted by atomic mass is 9.97. The number of benzene rings is 2. The van der Waals surface area contributed by atoms with Crippen LogP contribution >= 0.6 is 0 Å². The lowest BCUT2D eigenvalue weighted by Gasteiger charge is -2.29. The maximum atomic E-state index is 12.7. The van der Waals surface area contributed by atoms with Gasteiger partial charge >= 0.3 is 0 Å². The van der Waals surface area contributed by atoms with Gasteiger partial charge in [-0.05, 0) is 29.7 Å². The summed E-state index contributed by atoms with van der Waals surface area (Å²) in [5, 5.41) is 11.0. The molecule has 1 amide bonds. The van der Waals surface area contributed by atoms with Crippen molar-refractivity contribution in [2.75, 3.05) is 13.1 Å². The molecule has 0 radical (unpaired) electrons. The van der Waals surface area contributed by atoms with E-state index < -0.39 is 0 Å². The van der Waals surface area contributed by atoms with E-state index in [0.717, 1.165) is 29.2 Å². The first kappa shape index (κ1) is 12.7. The highest BCUT2D eigenvalue weighted by Gasteiger charge is 2.24. The van der Waals surface area contributed by atoms with Crippen LogP contribution in [0.25, 0.3) is 10.8 Å². The zero-order valence-electron chi connectivity index (χ0n) is 11.2. The molecule has 3 nitrogen and oxygen atoms in total. The molecule has 0 aromatic heterocycles. The summed E-state index contributed by atoms with van der Waals surface area (Å²) in [7, 11) is 0. The van der Waals surface area contributed by atoms with E-state index in [1.54, 1.807) is 0 Å². The Morgan fingerprint density at radius 3 is 2.55 bits per heavy atom. The van der Waals surface area contributed by atoms with Crippen LogP contribution in [0.4, 0.5) is 0 Å². The van der Waals surface area contributed by atoms with Gasteiger partial charge in [0.15, 0.2) is 0 Å². The number of nitriles is 1. The van der Waals surface area contributed by atoms with Gasteiger partial charge in [-0.2, -0.15) is 5.26 Å². The van der Waals surface area contributed by atoms with Crippen molar-refractivity contribution in [1.29, 1.82) is 5.26 Å². The Hall–Kier alpha value is -2.34. The summed E-state index contributed by atoms with van der Waals surface area (Å²) >= 11 is 0. The Balaban J connectivity index is 1.88. The van der Waals surface area contributed by atoms with E-state index in [2.05, 4.69) is 6.07 Å². The maximum Gasteiger partial charge on any atom is 0.254 e. The molecule has 3 heteroatoms. The largest absolute Gasteiger partial charge is 0.339 e. The summed E-state index contributed by atoms with van der Waals surface area (Å²) in [5.41, 5.74) is 0.763. The van der Waals surface area contributed by atoms with Crippen LogP contribution in [0.2, 0.25) is 0 Å². The number of hydrogen-bond acceptors (Lipinski definition) is 2. The monoisotopic (exact) mass is 264 g/mol. The molecular weight excluding hydrogens is 248 g/mol. The van der Waals surface area contributed by atoms with Crippen LogP contribution < -0.4 is 0 Å². The molecule has 2 aromatic carbocycles. The Morgan fingerprint density at radius 2 is 1.80 bits per heavy atom. The second-order valence-corrected chi connectivity index (χ2v) is 5.22. The van der Waals surface area contributed by atoms with Gasteiger partial charge in [-0.15, -0.1) is 0 Å². The molecule has 3 rings (SSSR count). The number of piperidine rings is 1. The Kier molecular flexibility index (Phi) is 3.39. The van der Waals surface area contributed by atoms with E-state index >= 15 is 0 Å². The quantitative estimate of drug-likeness (QED) is 0.793. The Morgan fingerprint density at radius 1 is 1.10 bits per heavy atom. The average molecular weight is 264 g/mol. The number of amides is 1. The van der Waals surface area contributed by atoms with Gasteiger partial charge in [0.25, 0.3) is 5.91 Å². The molecule has 1 saturated heterocycles. The predicted octanol–water partition coefficient (Wildman–Crippen LogP) is 3.22. The van der Waals surface area contributed by atoms with Crippen LogP contribution in [0.3, 0.4) is 0 Å². The summed E-state index contributed by atoms with van der Waals surface area (Å²) in [4.78, 5) is 14.5. The van der Waals surface area contributed by atoms with Crippen molar-refractivity contribution in [3.05, 3.63) is 48.0 Å². The molecule has 1 aliphatic heterocycles. The lowest BCUT2D eigenvalue weighted by Crippen LogP contribution is -2.38. The van der Waals surface area contributed by atoms with Gasteiger partial charge in [0.1, 0.15) is 0 Å². The third-order valence-corrected chi connectivity index (χ3v) is 3.98. The number of nitrogens with zero attached hydrogens (tertiary/aromatic N) is 2. The fourth-order valence-corrected chi connectivity index (χ4v) is 2.79. The van der Waals surface area contributed by atoms with Crippen molar-refractivity contribution in [3.63, 3.8) is 0 Å². The van der Waals surface area contributed by atoms with E-state index in [0.29, 0.717) is 13.1 Å². The van der Waals surface area contributed by atoms with E-state index in [1.165, 1.54) is 0 Å². The second-order valence-electron chi connectivity index (χ2n) is 5.22. The first-order valence-corrected chi connectivity index (χ1v) is 6.96. The van der Waals surface area contributed by atoms with Crippen molar-refractivity contribution in [1.82, 2.24) is 4.90 Å². The summed E-state index contributed by atoms with van der Waals surface area (Å²) in [6.45, 7) is 1.36. The molecule has 0 saturated carbocycles. The van der Waals surface area contributed by atoms with Crippen LogP contribution in [0, 0.1) is 17.2 Å². The van der Waals surface area contributed by atoms with Crippen molar-refractivity contribution >= 4 is 16.7 Å². The summed E-state index contributed by atoms with van der Waals surface area (Å²) < 4.78 is 0. The van der Waals surface area contributed by atoms with Crippen LogP contribution in [-0.2, 0) is 0 Å². The Labute approximate surface area is 118 Å². The maximum absolute atomic E-state index is 12.7. The van der Waals surface area contributed by atoms with Gasteiger partial charge in [0.05, 0.1) is 6.07 Å². The SMILES string of the molecule is N#CC1CCN(C(=O)c2cccc3ccccc23)CC1. The first-order chi connectivity index (χ1) is 9.79. The third kappa shape index (κ3) is 2.25. The molecule has 100 valence electrons. The highest BCUT2D eigenvalue weighted by atomic mass is 16.2. The van der Waals surface area contributed by atoms with Crippen molar-refractivity contribution in [2.24, 2.45) is 5.92 Å². The number of hydrogen-bond donors (Lipinski definition) is 0. The van der Waals surface area contributed by atoms with Crippen LogP contribution in [0.15, 0.2) is 42.5 Å². The molecule has 0 atom stereocenters. The molecule has 0 unspecified atom stereocenters. The zero-order valence-corrected chi connectivity index (χ0v) is 11.2. The minimum absolute atomic E-state index is 0.0817. The van der Waals surface area contributed by atoms with Gasteiger partial charge in [0.2, 0.25) is 0 Å². The molecule has 0 spiro atoms. The van der Waals surface area contributed by atoms with E-state index in [9.17, 15) is 4.79 Å². The molecule has 2 aromatic rings. The molecule has 1 aliphatic rings. The smallest absolute Gasteiger partial charge is 0.254 e. The van der Waals surface area contributed by atoms with Gasteiger partial charge in [0, 0.05) is 24.6 Å². The highest BCUT2D eigenvalue weighted by Crippen LogP contribution is 2.23. The van der Waals surface area contributed by atoms with Gasteiger partial charge in [-0.25, -0.2) is 0 Å². The average Bonchev–Trinajstić information content (AvgIpc) is 2.54. The third-order valence-electron chi connectivity index (χ3n) is 3.98. The number of fused-ring (bicyclic) bond motifs is 1. The van der Waals surface area contributed by atoms with Gasteiger partial charge in [-0.3, -0.25) is 4.79 Å². The molecule has 20 heavy (non-hydrogen) atoms. The Bertz CT molecular complexity index is 673. The van der Waals surface area contributed by atoms with Crippen LogP contribution in [0.5, 0.6) is 0 Å². The molecule has 0 N–H and O–H groups in total. The standard InChI is InChI=1S/C17H16N2O/c18-12-13-8-10-19(11-9-13)17(20)16-7-3-5-14-4-1-2-6-15(14)16/h1-7,13H,8-11H2. The number of likely N-dealkylation sites (tertiary alicyclic amines) is 1. The van der Waals surface area contributed by atoms with Gasteiger partial charge < -0.3 is 4.90 Å². The number of rotatable bonds is 1. The predicted molar refractivity (Wildman–Crippen MR) is 78.2 cm³/mol. The molecular formula is C17H16N2O. The molecule has 0 bridgehead atoms. The first-order valence-electron chi connectivity index (χ1n) is 6.96. The fraction of sp³-hybridized carbons (Fsp3) is 0.294. The summed E-state index contributed by atoms with van der Waals surface area (Å²) in [6, 6.07) is 16.1. The molecule has 0 aliphatic carbocycles. The summed E-state index contributed by atoms with van der Waals surface area (Å²) in [5.74, 6) is 0.185. The number of carbonyl (C=O) groups excluding carboxylic acids is 1. The summed E-state index contributed by atoms with van der Waals surface area (Å²) in [6.07, 6.45) is 1.57. The zero-order chi connectivity index (χ0) is 13.9. The van der Waals surface area contributed by atoms with Crippen molar-refractivity contribution in [3.8, 4) is 6.07 Å². The normalized spacial score (nSPS) is 16.1. The van der Waals surface area contributed by atoms with E-state index in [4.69, 9.17) is 5.26 Å². The topological polar surface area (TPSA) is 44.1 Å². The van der Waals surface area contributed by atoms with Crippen molar-refractivity contribution in [2.45, 2.75) is 12.8 Å². The van der Waals surface area contributed by atoms with Crippen LogP contribution in [0.1, 0.15) is 23.2 Å².